The van der Waals surface area contributed by atoms with Crippen LogP contribution in [0, 0.1) is 11.6 Å². The van der Waals surface area contributed by atoms with Crippen LogP contribution in [0.2, 0.25) is 0 Å². The van der Waals surface area contributed by atoms with Gasteiger partial charge in [0.25, 0.3) is 5.91 Å². The van der Waals surface area contributed by atoms with E-state index < -0.39 is 52.6 Å². The van der Waals surface area contributed by atoms with Crippen molar-refractivity contribution in [3.63, 3.8) is 0 Å². The number of nitrogens with one attached hydrogen (secondary N) is 1. The summed E-state index contributed by atoms with van der Waals surface area (Å²) in [4.78, 5) is 23.8. The minimum Gasteiger partial charge on any atom is -0.449 e. The maximum atomic E-state index is 13.1. The molecule has 2 rings (SSSR count). The SMILES string of the molecule is C[C@H](OC(=O)c1cc(F)cc(F)c1)C(=O)Nc1ccccc1C(F)(F)F. The van der Waals surface area contributed by atoms with Crippen LogP contribution < -0.4 is 5.32 Å². The molecule has 0 aromatic heterocycles. The first-order valence-electron chi connectivity index (χ1n) is 7.22. The molecule has 1 N–H and O–H groups in total. The number of carbonyl (C=O) groups is 2. The smallest absolute Gasteiger partial charge is 0.418 e. The molecule has 0 radical (unpaired) electrons. The normalized spacial score (nSPS) is 12.4. The molecule has 2 aromatic carbocycles. The van der Waals surface area contributed by atoms with E-state index >= 15 is 0 Å². The second-order valence-corrected chi connectivity index (χ2v) is 5.24. The Hall–Kier alpha value is -2.97. The van der Waals surface area contributed by atoms with E-state index in [0.717, 1.165) is 25.1 Å². The van der Waals surface area contributed by atoms with Gasteiger partial charge in [0.2, 0.25) is 0 Å². The number of ether oxygens (including phenoxy) is 1. The highest BCUT2D eigenvalue weighted by molar-refractivity contribution is 5.97. The van der Waals surface area contributed by atoms with Crippen LogP contribution in [-0.2, 0) is 15.7 Å². The molecule has 0 aliphatic rings. The van der Waals surface area contributed by atoms with Crippen LogP contribution in [0.1, 0.15) is 22.8 Å². The predicted octanol–water partition coefficient (Wildman–Crippen LogP) is 4.17. The second-order valence-electron chi connectivity index (χ2n) is 5.24. The van der Waals surface area contributed by atoms with Crippen molar-refractivity contribution < 1.29 is 36.3 Å². The number of esters is 1. The number of anilines is 1. The topological polar surface area (TPSA) is 55.4 Å². The zero-order valence-corrected chi connectivity index (χ0v) is 13.2. The summed E-state index contributed by atoms with van der Waals surface area (Å²) in [6.07, 6.45) is -6.20. The maximum Gasteiger partial charge on any atom is 0.418 e. The van der Waals surface area contributed by atoms with Gasteiger partial charge in [-0.2, -0.15) is 13.2 Å². The summed E-state index contributed by atoms with van der Waals surface area (Å²) in [7, 11) is 0. The lowest BCUT2D eigenvalue weighted by Gasteiger charge is -2.16. The zero-order valence-electron chi connectivity index (χ0n) is 13.2. The molecule has 2 aromatic rings. The molecule has 4 nitrogen and oxygen atoms in total. The first-order chi connectivity index (χ1) is 12.1. The van der Waals surface area contributed by atoms with Crippen molar-refractivity contribution in [3.05, 3.63) is 65.2 Å². The fourth-order valence-electron chi connectivity index (χ4n) is 2.03. The van der Waals surface area contributed by atoms with Gasteiger partial charge in [-0.3, -0.25) is 4.79 Å². The quantitative estimate of drug-likeness (QED) is 0.647. The summed E-state index contributed by atoms with van der Waals surface area (Å²) in [5.74, 6) is -4.27. The van der Waals surface area contributed by atoms with E-state index in [-0.39, 0.29) is 0 Å². The van der Waals surface area contributed by atoms with Gasteiger partial charge in [-0.25, -0.2) is 13.6 Å². The first kappa shape index (κ1) is 19.4. The van der Waals surface area contributed by atoms with E-state index in [2.05, 4.69) is 0 Å². The lowest BCUT2D eigenvalue weighted by molar-refractivity contribution is -0.137. The molecule has 0 aliphatic heterocycles. The highest BCUT2D eigenvalue weighted by atomic mass is 19.4. The summed E-state index contributed by atoms with van der Waals surface area (Å²) in [5.41, 5.74) is -2.05. The van der Waals surface area contributed by atoms with Crippen molar-refractivity contribution in [1.82, 2.24) is 0 Å². The Morgan fingerprint density at radius 1 is 1.04 bits per heavy atom. The molecule has 0 aliphatic carbocycles. The van der Waals surface area contributed by atoms with Gasteiger partial charge in [-0.05, 0) is 31.2 Å². The molecule has 0 heterocycles. The van der Waals surface area contributed by atoms with E-state index in [0.29, 0.717) is 18.2 Å². The molecular formula is C17H12F5NO3. The number of amides is 1. The van der Waals surface area contributed by atoms with Crippen LogP contribution >= 0.6 is 0 Å². The van der Waals surface area contributed by atoms with Crippen LogP contribution in [0.15, 0.2) is 42.5 Å². The monoisotopic (exact) mass is 373 g/mol. The highest BCUT2D eigenvalue weighted by Gasteiger charge is 2.34. The van der Waals surface area contributed by atoms with Crippen molar-refractivity contribution in [3.8, 4) is 0 Å². The van der Waals surface area contributed by atoms with Gasteiger partial charge >= 0.3 is 12.1 Å². The maximum absolute atomic E-state index is 13.1. The lowest BCUT2D eigenvalue weighted by Crippen LogP contribution is -2.30. The number of para-hydroxylation sites is 1. The largest absolute Gasteiger partial charge is 0.449 e. The number of benzene rings is 2. The number of hydrogen-bond acceptors (Lipinski definition) is 3. The summed E-state index contributed by atoms with van der Waals surface area (Å²) >= 11 is 0. The van der Waals surface area contributed by atoms with Gasteiger partial charge in [0.1, 0.15) is 11.6 Å². The van der Waals surface area contributed by atoms with Crippen LogP contribution in [0.5, 0.6) is 0 Å². The van der Waals surface area contributed by atoms with Crippen molar-refractivity contribution in [2.75, 3.05) is 5.32 Å². The third-order valence-corrected chi connectivity index (χ3v) is 3.24. The zero-order chi connectivity index (χ0) is 19.5. The highest BCUT2D eigenvalue weighted by Crippen LogP contribution is 2.34. The molecule has 138 valence electrons. The van der Waals surface area contributed by atoms with Crippen molar-refractivity contribution in [1.29, 1.82) is 0 Å². The fraction of sp³-hybridized carbons (Fsp3) is 0.176. The summed E-state index contributed by atoms with van der Waals surface area (Å²) in [6, 6.07) is 6.21. The number of carbonyl (C=O) groups excluding carboxylic acids is 2. The average Bonchev–Trinajstić information content (AvgIpc) is 2.53. The fourth-order valence-corrected chi connectivity index (χ4v) is 2.03. The standard InChI is InChI=1S/C17H12F5NO3/c1-9(26-16(25)10-6-11(18)8-12(19)7-10)15(24)23-14-5-3-2-4-13(14)17(20,21)22/h2-9H,1H3,(H,23,24)/t9-/m0/s1. The molecular weight excluding hydrogens is 361 g/mol. The Bertz CT molecular complexity index is 815. The number of alkyl halides is 3. The van der Waals surface area contributed by atoms with Crippen molar-refractivity contribution in [2.24, 2.45) is 0 Å². The Morgan fingerprint density at radius 2 is 1.62 bits per heavy atom. The molecule has 0 bridgehead atoms. The first-order valence-corrected chi connectivity index (χ1v) is 7.22. The Kier molecular flexibility index (Phi) is 5.59. The number of hydrogen-bond donors (Lipinski definition) is 1. The molecule has 1 amide bonds. The van der Waals surface area contributed by atoms with E-state index in [1.807, 2.05) is 5.32 Å². The van der Waals surface area contributed by atoms with Gasteiger partial charge < -0.3 is 10.1 Å². The average molecular weight is 373 g/mol. The van der Waals surface area contributed by atoms with Gasteiger partial charge in [0, 0.05) is 6.07 Å². The summed E-state index contributed by atoms with van der Waals surface area (Å²) in [6.45, 7) is 1.11. The molecule has 9 heteroatoms. The number of rotatable bonds is 4. The minimum atomic E-state index is -4.69. The van der Waals surface area contributed by atoms with E-state index in [1.165, 1.54) is 6.07 Å². The molecule has 0 spiro atoms. The van der Waals surface area contributed by atoms with Gasteiger partial charge in [-0.1, -0.05) is 12.1 Å². The minimum absolute atomic E-state index is 0.474. The molecule has 1 atom stereocenters. The van der Waals surface area contributed by atoms with E-state index in [9.17, 15) is 31.5 Å². The van der Waals surface area contributed by atoms with Crippen LogP contribution in [-0.4, -0.2) is 18.0 Å². The molecule has 0 saturated heterocycles. The summed E-state index contributed by atoms with van der Waals surface area (Å²) in [5, 5.41) is 2.01. The Morgan fingerprint density at radius 3 is 2.19 bits per heavy atom. The third kappa shape index (κ3) is 4.78. The Labute approximate surface area is 144 Å². The van der Waals surface area contributed by atoms with Crippen LogP contribution in [0.3, 0.4) is 0 Å². The van der Waals surface area contributed by atoms with Crippen molar-refractivity contribution >= 4 is 17.6 Å². The predicted molar refractivity (Wildman–Crippen MR) is 81.3 cm³/mol. The summed E-state index contributed by atoms with van der Waals surface area (Å²) < 4.78 is 69.6. The molecule has 26 heavy (non-hydrogen) atoms. The third-order valence-electron chi connectivity index (χ3n) is 3.24. The van der Waals surface area contributed by atoms with Gasteiger partial charge in [0.05, 0.1) is 16.8 Å². The Balaban J connectivity index is 2.10. The molecule has 0 fully saturated rings. The lowest BCUT2D eigenvalue weighted by atomic mass is 10.1. The van der Waals surface area contributed by atoms with Crippen LogP contribution in [0.25, 0.3) is 0 Å². The van der Waals surface area contributed by atoms with Gasteiger partial charge in [0.15, 0.2) is 6.10 Å². The molecule has 0 saturated carbocycles. The number of halogens is 5. The molecule has 0 unspecified atom stereocenters. The second kappa shape index (κ2) is 7.51. The van der Waals surface area contributed by atoms with E-state index in [1.54, 1.807) is 0 Å². The van der Waals surface area contributed by atoms with Crippen molar-refractivity contribution in [2.45, 2.75) is 19.2 Å². The van der Waals surface area contributed by atoms with Crippen LogP contribution in [0.4, 0.5) is 27.6 Å². The van der Waals surface area contributed by atoms with Gasteiger partial charge in [-0.15, -0.1) is 0 Å². The van der Waals surface area contributed by atoms with E-state index in [4.69, 9.17) is 4.74 Å².